The number of carbonyl (C=O) groups is 3. The second-order valence-corrected chi connectivity index (χ2v) is 29.2. The van der Waals surface area contributed by atoms with Crippen molar-refractivity contribution < 1.29 is 29.7 Å². The summed E-state index contributed by atoms with van der Waals surface area (Å²) >= 11 is -0.668. The van der Waals surface area contributed by atoms with E-state index in [4.69, 9.17) is 29.7 Å². The van der Waals surface area contributed by atoms with Crippen LogP contribution in [-0.4, -0.2) is 95.3 Å². The Morgan fingerprint density at radius 2 is 0.581 bits per heavy atom. The molecule has 3 N–H and O–H groups in total. The number of carboxylic acid groups (broad SMARTS) is 3. The van der Waals surface area contributed by atoms with Gasteiger partial charge in [0.15, 0.2) is 0 Å². The number of hydrogen-bond donors (Lipinski definition) is 3. The van der Waals surface area contributed by atoms with Gasteiger partial charge in [0, 0.05) is 20.8 Å². The number of aliphatic carboxylic acids is 3. The number of carboxylic acids is 3. The first-order chi connectivity index (χ1) is 20.4. The molecule has 0 aromatic rings. The molecule has 0 unspecified atom stereocenters. The zero-order valence-electron chi connectivity index (χ0n) is 30.5. The van der Waals surface area contributed by atoms with Crippen LogP contribution in [0.4, 0.5) is 0 Å². The fraction of sp³-hybridized carbons (Fsp3) is 0.912. The molecule has 0 bridgehead atoms. The summed E-state index contributed by atoms with van der Waals surface area (Å²) in [5.41, 5.74) is 0. The molecule has 0 aromatic heterocycles. The Morgan fingerprint density at radius 3 is 0.721 bits per heavy atom. The molecule has 6 nitrogen and oxygen atoms in total. The number of rotatable bonds is 21. The van der Waals surface area contributed by atoms with Gasteiger partial charge < -0.3 is 15.3 Å². The van der Waals surface area contributed by atoms with Gasteiger partial charge in [0.05, 0.1) is 0 Å². The molecule has 0 saturated heterocycles. The molecule has 0 atom stereocenters. The second kappa shape index (κ2) is 58.4. The van der Waals surface area contributed by atoms with Gasteiger partial charge in [-0.05, 0) is 0 Å². The predicted molar refractivity (Wildman–Crippen MR) is 197 cm³/mol. The third kappa shape index (κ3) is 116. The van der Waals surface area contributed by atoms with Crippen LogP contribution in [-0.2, 0) is 14.4 Å². The Morgan fingerprint density at radius 1 is 0.419 bits per heavy atom. The number of unbranched alkanes of at least 4 members (excludes halogenated alkanes) is 7. The molecule has 0 amide bonds. The fourth-order valence-corrected chi connectivity index (χ4v) is 22.6. The summed E-state index contributed by atoms with van der Waals surface area (Å²) in [4.78, 5) is 27.0. The van der Waals surface area contributed by atoms with Crippen LogP contribution in [0.2, 0.25) is 31.1 Å². The molecule has 0 aliphatic rings. The zero-order valence-corrected chi connectivity index (χ0v) is 39.5. The van der Waals surface area contributed by atoms with Crippen LogP contribution < -0.4 is 0 Å². The molecular weight excluding hydrogens is 861 g/mol. The van der Waals surface area contributed by atoms with Gasteiger partial charge in [-0.2, -0.15) is 0 Å². The molecule has 0 rings (SSSR count). The molecule has 0 saturated carbocycles. The summed E-state index contributed by atoms with van der Waals surface area (Å²) in [6, 6.07) is 0. The van der Waals surface area contributed by atoms with Crippen LogP contribution in [0.3, 0.4) is 0 Å². The Hall–Kier alpha value is 0.806. The van der Waals surface area contributed by atoms with Crippen molar-refractivity contribution in [1.29, 1.82) is 0 Å². The predicted octanol–water partition coefficient (Wildman–Crippen LogP) is 11.1. The summed E-state index contributed by atoms with van der Waals surface area (Å²) in [5, 5.41) is 22.2. The van der Waals surface area contributed by atoms with E-state index in [1.807, 2.05) is 0 Å². The summed E-state index contributed by atoms with van der Waals surface area (Å²) in [6.07, 6.45) is 20.6. The van der Waals surface area contributed by atoms with E-state index in [9.17, 15) is 0 Å². The average Bonchev–Trinajstić information content (AvgIpc) is 2.92. The van der Waals surface area contributed by atoms with E-state index in [0.29, 0.717) is 0 Å². The van der Waals surface area contributed by atoms with Crippen molar-refractivity contribution in [3.05, 3.63) is 0 Å². The van der Waals surface area contributed by atoms with Gasteiger partial charge in [-0.1, -0.05) is 0 Å². The summed E-state index contributed by atoms with van der Waals surface area (Å²) in [7, 11) is 0. The van der Waals surface area contributed by atoms with Crippen LogP contribution in [0.15, 0.2) is 0 Å². The van der Waals surface area contributed by atoms with Crippen LogP contribution >= 0.6 is 0 Å². The van der Waals surface area contributed by atoms with E-state index < -0.39 is 37.7 Å². The molecule has 0 heterocycles. The molecule has 260 valence electrons. The van der Waals surface area contributed by atoms with E-state index >= 15 is 0 Å². The van der Waals surface area contributed by atoms with Gasteiger partial charge in [0.2, 0.25) is 0 Å². The van der Waals surface area contributed by atoms with Gasteiger partial charge in [-0.15, -0.1) is 0 Å². The van der Waals surface area contributed by atoms with Crippen molar-refractivity contribution in [1.82, 2.24) is 0 Å². The Labute approximate surface area is 297 Å². The fourth-order valence-electron chi connectivity index (χ4n) is 3.37. The van der Waals surface area contributed by atoms with Crippen LogP contribution in [0, 0.1) is 0 Å². The standard InChI is InChI=1S/7C4H9.3C2H4O2.3Sn.H/c7*1-3-4-2;3*1-2(3)4;;;;/h7*1,3-4H2,2H3;3*1H3,(H,3,4);;;;. The molecule has 4 radical (unpaired) electrons. The maximum atomic E-state index is 9.00. The molecule has 0 fully saturated rings. The van der Waals surface area contributed by atoms with Crippen molar-refractivity contribution in [2.75, 3.05) is 0 Å². The molecule has 0 aliphatic heterocycles. The quantitative estimate of drug-likeness (QED) is 0.0781. The molecule has 43 heavy (non-hydrogen) atoms. The summed E-state index contributed by atoms with van der Waals surface area (Å²) in [6.45, 7) is 19.4. The van der Waals surface area contributed by atoms with Crippen molar-refractivity contribution in [2.45, 2.75) is 190 Å². The van der Waals surface area contributed by atoms with Crippen LogP contribution in [0.1, 0.15) is 159 Å². The Kier molecular flexibility index (Phi) is 76.2. The Balaban J connectivity index is -0.000000102. The zero-order chi connectivity index (χ0) is 34.6. The second-order valence-electron chi connectivity index (χ2n) is 10.8. The number of hydrogen-bond acceptors (Lipinski definition) is 3. The minimum absolute atomic E-state index is 0.149. The molecule has 9 heteroatoms. The average molecular weight is 937 g/mol. The van der Waals surface area contributed by atoms with E-state index in [-0.39, 0.29) is 42.3 Å². The first-order valence-corrected chi connectivity index (χ1v) is 32.4. The van der Waals surface area contributed by atoms with Crippen molar-refractivity contribution in [3.8, 4) is 0 Å². The van der Waals surface area contributed by atoms with E-state index in [0.717, 1.165) is 20.8 Å². The van der Waals surface area contributed by atoms with Crippen LogP contribution in [0.5, 0.6) is 0 Å². The van der Waals surface area contributed by atoms with Crippen LogP contribution in [0.25, 0.3) is 0 Å². The van der Waals surface area contributed by atoms with Gasteiger partial charge in [-0.3, -0.25) is 14.4 Å². The summed E-state index contributed by atoms with van der Waals surface area (Å²) in [5.74, 6) is -2.50. The van der Waals surface area contributed by atoms with E-state index in [1.165, 1.54) is 89.9 Å². The van der Waals surface area contributed by atoms with Gasteiger partial charge in [-0.25, -0.2) is 0 Å². The maximum absolute atomic E-state index is 9.00. The molecule has 0 aromatic carbocycles. The monoisotopic (exact) mass is 940 g/mol. The van der Waals surface area contributed by atoms with Gasteiger partial charge in [0.1, 0.15) is 0 Å². The minimum atomic E-state index is -0.967. The van der Waals surface area contributed by atoms with Crippen molar-refractivity contribution in [2.24, 2.45) is 0 Å². The Bertz CT molecular complexity index is 423. The first-order valence-electron chi connectivity index (χ1n) is 17.4. The topological polar surface area (TPSA) is 112 Å². The third-order valence-corrected chi connectivity index (χ3v) is 24.3. The van der Waals surface area contributed by atoms with Crippen molar-refractivity contribution in [3.63, 3.8) is 0 Å². The SMILES string of the molecule is CC(=O)O.CC(=O)O.CC(=O)O.CCC[CH2][SnH]([CH2]CCC)[CH2]CCC.CCC[CH2][Sn][CH2]CCC.CCC[CH2][Sn][CH2]CCC. The van der Waals surface area contributed by atoms with E-state index in [2.05, 4.69) is 48.5 Å². The normalized spacial score (nSPS) is 9.28. The molecule has 0 spiro atoms. The van der Waals surface area contributed by atoms with E-state index in [1.54, 1.807) is 31.1 Å². The summed E-state index contributed by atoms with van der Waals surface area (Å²) < 4.78 is 11.6. The first kappa shape index (κ1) is 56.2. The molecular formula is C34H76O6Sn3. The van der Waals surface area contributed by atoms with Gasteiger partial charge >= 0.3 is 231 Å². The van der Waals surface area contributed by atoms with Crippen molar-refractivity contribution >= 4 is 80.0 Å². The van der Waals surface area contributed by atoms with Gasteiger partial charge in [0.25, 0.3) is 17.9 Å². The third-order valence-electron chi connectivity index (χ3n) is 5.73. The molecule has 0 aliphatic carbocycles.